The Morgan fingerprint density at radius 1 is 0.875 bits per heavy atom. The average molecular weight is 569 g/mol. The fraction of sp³-hybridized carbons (Fsp3) is 0.333. The van der Waals surface area contributed by atoms with Crippen LogP contribution in [0.3, 0.4) is 0 Å². The summed E-state index contributed by atoms with van der Waals surface area (Å²) in [6.45, 7) is 3.18. The summed E-state index contributed by atoms with van der Waals surface area (Å²) in [6.07, 6.45) is 0.903. The average Bonchev–Trinajstić information content (AvgIpc) is 2.94. The lowest BCUT2D eigenvalue weighted by Crippen LogP contribution is -2.55. The van der Waals surface area contributed by atoms with Gasteiger partial charge in [0, 0.05) is 33.1 Å². The maximum absolute atomic E-state index is 14.9. The first-order valence-electron chi connectivity index (χ1n) is 13.2. The number of carbonyl (C=O) groups is 2. The summed E-state index contributed by atoms with van der Waals surface area (Å²) in [6, 6.07) is 22.8. The first-order valence-corrected chi connectivity index (χ1v) is 14.6. The minimum absolute atomic E-state index is 0.0538. The molecule has 0 saturated carbocycles. The number of hydrogen-bond donors (Lipinski definition) is 1. The predicted molar refractivity (Wildman–Crippen MR) is 155 cm³/mol. The van der Waals surface area contributed by atoms with Gasteiger partial charge in [0.15, 0.2) is 0 Å². The van der Waals surface area contributed by atoms with Crippen molar-refractivity contribution in [2.75, 3.05) is 24.9 Å². The number of rotatable bonds is 13. The zero-order valence-electron chi connectivity index (χ0n) is 23.3. The van der Waals surface area contributed by atoms with Crippen LogP contribution < -0.4 is 9.62 Å². The van der Waals surface area contributed by atoms with Crippen molar-refractivity contribution in [3.63, 3.8) is 0 Å². The molecule has 3 rings (SSSR count). The molecule has 0 aliphatic heterocycles. The Labute approximate surface area is 236 Å². The molecule has 0 aromatic heterocycles. The number of nitrogens with zero attached hydrogens (tertiary/aromatic N) is 3. The van der Waals surface area contributed by atoms with Crippen LogP contribution in [0.4, 0.5) is 10.1 Å². The Hall–Kier alpha value is -3.76. The molecule has 40 heavy (non-hydrogen) atoms. The van der Waals surface area contributed by atoms with E-state index < -0.39 is 34.5 Å². The van der Waals surface area contributed by atoms with Crippen LogP contribution in [0.15, 0.2) is 84.9 Å². The van der Waals surface area contributed by atoms with E-state index in [0.29, 0.717) is 6.42 Å². The van der Waals surface area contributed by atoms with Crippen molar-refractivity contribution < 1.29 is 22.4 Å². The zero-order chi connectivity index (χ0) is 29.3. The van der Waals surface area contributed by atoms with E-state index in [9.17, 15) is 22.4 Å². The van der Waals surface area contributed by atoms with E-state index >= 15 is 0 Å². The van der Waals surface area contributed by atoms with Crippen molar-refractivity contribution >= 4 is 27.7 Å². The summed E-state index contributed by atoms with van der Waals surface area (Å²) < 4.78 is 43.2. The second-order valence-corrected chi connectivity index (χ2v) is 11.8. The molecule has 214 valence electrons. The summed E-state index contributed by atoms with van der Waals surface area (Å²) in [5, 5.41) is 2.98. The van der Waals surface area contributed by atoms with Crippen LogP contribution in [0.25, 0.3) is 0 Å². The first-order chi connectivity index (χ1) is 19.0. The number of benzene rings is 3. The molecule has 0 heterocycles. The van der Waals surface area contributed by atoms with Crippen LogP contribution in [-0.2, 0) is 32.8 Å². The summed E-state index contributed by atoms with van der Waals surface area (Å²) in [5.41, 5.74) is 1.34. The van der Waals surface area contributed by atoms with E-state index in [-0.39, 0.29) is 30.6 Å². The number of carbonyl (C=O) groups excluding carboxylic acids is 2. The van der Waals surface area contributed by atoms with Gasteiger partial charge in [-0.05, 0) is 36.6 Å². The lowest BCUT2D eigenvalue weighted by Gasteiger charge is -2.35. The van der Waals surface area contributed by atoms with Gasteiger partial charge in [-0.1, -0.05) is 79.7 Å². The molecule has 0 saturated heterocycles. The number of nitrogens with one attached hydrogen (secondary N) is 1. The number of halogens is 1. The fourth-order valence-corrected chi connectivity index (χ4v) is 5.20. The van der Waals surface area contributed by atoms with Crippen molar-refractivity contribution in [2.24, 2.45) is 0 Å². The molecule has 0 spiro atoms. The zero-order valence-corrected chi connectivity index (χ0v) is 24.1. The summed E-state index contributed by atoms with van der Waals surface area (Å²) in [4.78, 5) is 29.2. The van der Waals surface area contributed by atoms with Crippen molar-refractivity contribution in [3.05, 3.63) is 102 Å². The molecule has 0 aliphatic rings. The first kappa shape index (κ1) is 30.8. The number of para-hydroxylation sites is 1. The Morgan fingerprint density at radius 3 is 1.98 bits per heavy atom. The van der Waals surface area contributed by atoms with Gasteiger partial charge in [-0.15, -0.1) is 0 Å². The molecule has 3 aromatic rings. The van der Waals surface area contributed by atoms with E-state index in [2.05, 4.69) is 5.32 Å². The van der Waals surface area contributed by atoms with Gasteiger partial charge in [0.25, 0.3) is 0 Å². The van der Waals surface area contributed by atoms with Gasteiger partial charge in [0.05, 0.1) is 5.69 Å². The van der Waals surface area contributed by atoms with Crippen LogP contribution in [0, 0.1) is 5.82 Å². The van der Waals surface area contributed by atoms with Gasteiger partial charge < -0.3 is 10.2 Å². The molecule has 0 aliphatic carbocycles. The van der Waals surface area contributed by atoms with E-state index in [1.165, 1.54) is 37.2 Å². The molecule has 2 amide bonds. The van der Waals surface area contributed by atoms with E-state index in [4.69, 9.17) is 0 Å². The highest BCUT2D eigenvalue weighted by Gasteiger charge is 2.35. The number of anilines is 1. The Bertz CT molecular complexity index is 1370. The summed E-state index contributed by atoms with van der Waals surface area (Å²) >= 11 is 0. The topological polar surface area (TPSA) is 90.0 Å². The maximum Gasteiger partial charge on any atom is 0.304 e. The SMILES string of the molecule is CC[C@H](C)NC(=O)[C@@H](Cc1ccccc1)N(Cc1ccccc1)C(=O)CN(c1ccccc1F)S(=O)(=O)N(C)C. The van der Waals surface area contributed by atoms with Gasteiger partial charge in [0.1, 0.15) is 18.4 Å². The molecule has 8 nitrogen and oxygen atoms in total. The van der Waals surface area contributed by atoms with E-state index in [1.54, 1.807) is 0 Å². The maximum atomic E-state index is 14.9. The quantitative estimate of drug-likeness (QED) is 0.338. The number of hydrogen-bond acceptors (Lipinski definition) is 4. The van der Waals surface area contributed by atoms with Gasteiger partial charge in [-0.3, -0.25) is 9.59 Å². The van der Waals surface area contributed by atoms with Crippen molar-refractivity contribution in [2.45, 2.75) is 45.3 Å². The third kappa shape index (κ3) is 7.89. The van der Waals surface area contributed by atoms with Gasteiger partial charge >= 0.3 is 10.2 Å². The minimum Gasteiger partial charge on any atom is -0.352 e. The van der Waals surface area contributed by atoms with Crippen LogP contribution >= 0.6 is 0 Å². The molecule has 0 bridgehead atoms. The Morgan fingerprint density at radius 2 is 1.43 bits per heavy atom. The van der Waals surface area contributed by atoms with Gasteiger partial charge in [0.2, 0.25) is 11.8 Å². The highest BCUT2D eigenvalue weighted by atomic mass is 32.2. The van der Waals surface area contributed by atoms with Crippen LogP contribution in [-0.4, -0.2) is 62.2 Å². The minimum atomic E-state index is -4.27. The Balaban J connectivity index is 2.09. The summed E-state index contributed by atoms with van der Waals surface area (Å²) in [5.74, 6) is -1.78. The molecule has 0 radical (unpaired) electrons. The normalized spacial score (nSPS) is 12.9. The van der Waals surface area contributed by atoms with Gasteiger partial charge in [-0.2, -0.15) is 12.7 Å². The van der Waals surface area contributed by atoms with Crippen molar-refractivity contribution in [1.29, 1.82) is 0 Å². The molecular formula is C30H37FN4O4S. The van der Waals surface area contributed by atoms with Crippen molar-refractivity contribution in [3.8, 4) is 0 Å². The predicted octanol–water partition coefficient (Wildman–Crippen LogP) is 3.99. The highest BCUT2D eigenvalue weighted by molar-refractivity contribution is 7.90. The van der Waals surface area contributed by atoms with Crippen LogP contribution in [0.1, 0.15) is 31.4 Å². The molecule has 1 N–H and O–H groups in total. The molecule has 0 unspecified atom stereocenters. The molecule has 3 aromatic carbocycles. The highest BCUT2D eigenvalue weighted by Crippen LogP contribution is 2.24. The van der Waals surface area contributed by atoms with Gasteiger partial charge in [-0.25, -0.2) is 8.70 Å². The lowest BCUT2D eigenvalue weighted by molar-refractivity contribution is -0.140. The summed E-state index contributed by atoms with van der Waals surface area (Å²) in [7, 11) is -1.64. The standard InChI is InChI=1S/C30H37FN4O4S/c1-5-23(2)32-30(37)28(20-24-14-8-6-9-15-24)34(21-25-16-10-7-11-17-25)29(36)22-35(40(38,39)33(3)4)27-19-13-12-18-26(27)31/h6-19,23,28H,5,20-22H2,1-4H3,(H,32,37)/t23-,28+/m0/s1. The second kappa shape index (κ2) is 14.0. The monoisotopic (exact) mass is 568 g/mol. The van der Waals surface area contributed by atoms with E-state index in [0.717, 1.165) is 25.8 Å². The van der Waals surface area contributed by atoms with E-state index in [1.807, 2.05) is 74.5 Å². The van der Waals surface area contributed by atoms with Crippen LogP contribution in [0.2, 0.25) is 0 Å². The van der Waals surface area contributed by atoms with Crippen LogP contribution in [0.5, 0.6) is 0 Å². The third-order valence-corrected chi connectivity index (χ3v) is 8.41. The molecule has 10 heteroatoms. The number of amides is 2. The smallest absolute Gasteiger partial charge is 0.304 e. The molecule has 2 atom stereocenters. The Kier molecular flexibility index (Phi) is 10.8. The largest absolute Gasteiger partial charge is 0.352 e. The molecular weight excluding hydrogens is 531 g/mol. The second-order valence-electron chi connectivity index (χ2n) is 9.78. The fourth-order valence-electron chi connectivity index (χ4n) is 4.13. The molecule has 0 fully saturated rings. The lowest BCUT2D eigenvalue weighted by atomic mass is 10.0. The van der Waals surface area contributed by atoms with Crippen molar-refractivity contribution in [1.82, 2.24) is 14.5 Å². The third-order valence-electron chi connectivity index (χ3n) is 6.61.